The summed E-state index contributed by atoms with van der Waals surface area (Å²) in [7, 11) is 0. The molecular formula is C9H18O2. The van der Waals surface area contributed by atoms with E-state index in [2.05, 4.69) is 6.92 Å². The summed E-state index contributed by atoms with van der Waals surface area (Å²) >= 11 is 0. The summed E-state index contributed by atoms with van der Waals surface area (Å²) in [6.07, 6.45) is 2.30. The van der Waals surface area contributed by atoms with E-state index in [-0.39, 0.29) is 18.1 Å². The topological polar surface area (TPSA) is 40.5 Å². The van der Waals surface area contributed by atoms with Crippen LogP contribution in [0.1, 0.15) is 33.1 Å². The molecule has 4 unspecified atom stereocenters. The summed E-state index contributed by atoms with van der Waals surface area (Å²) < 4.78 is 0. The van der Waals surface area contributed by atoms with E-state index in [1.165, 1.54) is 0 Å². The standard InChI is InChI=1S/C9H18O2/c1-6-3-4-9(11)8(5-6)7(2)10/h6-11H,3-5H2,1-2H3. The first kappa shape index (κ1) is 9.01. The molecule has 0 aliphatic heterocycles. The Bertz CT molecular complexity index is 123. The van der Waals surface area contributed by atoms with Crippen LogP contribution < -0.4 is 0 Å². The zero-order chi connectivity index (χ0) is 8.43. The molecule has 0 radical (unpaired) electrons. The average Bonchev–Trinajstić information content (AvgIpc) is 1.94. The van der Waals surface area contributed by atoms with Crippen molar-refractivity contribution in [3.8, 4) is 0 Å². The molecular weight excluding hydrogens is 140 g/mol. The van der Waals surface area contributed by atoms with Gasteiger partial charge in [-0.3, -0.25) is 0 Å². The van der Waals surface area contributed by atoms with Crippen molar-refractivity contribution in [1.29, 1.82) is 0 Å². The minimum absolute atomic E-state index is 0.110. The Kier molecular flexibility index (Phi) is 2.90. The van der Waals surface area contributed by atoms with Crippen molar-refractivity contribution in [1.82, 2.24) is 0 Å². The van der Waals surface area contributed by atoms with Crippen molar-refractivity contribution in [3.63, 3.8) is 0 Å². The van der Waals surface area contributed by atoms with Crippen LogP contribution in [-0.4, -0.2) is 22.4 Å². The second-order valence-electron chi connectivity index (χ2n) is 3.89. The lowest BCUT2D eigenvalue weighted by molar-refractivity contribution is -0.0168. The molecule has 1 aliphatic rings. The Morgan fingerprint density at radius 1 is 1.36 bits per heavy atom. The summed E-state index contributed by atoms with van der Waals surface area (Å²) in [6, 6.07) is 0. The predicted octanol–water partition coefficient (Wildman–Crippen LogP) is 1.16. The fraction of sp³-hybridized carbons (Fsp3) is 1.00. The van der Waals surface area contributed by atoms with E-state index < -0.39 is 0 Å². The zero-order valence-corrected chi connectivity index (χ0v) is 7.33. The van der Waals surface area contributed by atoms with Gasteiger partial charge >= 0.3 is 0 Å². The first-order valence-corrected chi connectivity index (χ1v) is 4.47. The lowest BCUT2D eigenvalue weighted by Crippen LogP contribution is -2.35. The summed E-state index contributed by atoms with van der Waals surface area (Å²) in [5.41, 5.74) is 0. The number of aliphatic hydroxyl groups is 2. The minimum atomic E-state index is -0.354. The van der Waals surface area contributed by atoms with Gasteiger partial charge in [-0.15, -0.1) is 0 Å². The molecule has 0 bridgehead atoms. The van der Waals surface area contributed by atoms with Crippen molar-refractivity contribution in [2.24, 2.45) is 11.8 Å². The van der Waals surface area contributed by atoms with Crippen LogP contribution in [0.4, 0.5) is 0 Å². The average molecular weight is 158 g/mol. The van der Waals surface area contributed by atoms with Crippen LogP contribution >= 0.6 is 0 Å². The maximum absolute atomic E-state index is 9.50. The van der Waals surface area contributed by atoms with Crippen molar-refractivity contribution in [2.45, 2.75) is 45.3 Å². The molecule has 0 amide bonds. The molecule has 1 fully saturated rings. The summed E-state index contributed by atoms with van der Waals surface area (Å²) in [6.45, 7) is 3.95. The quantitative estimate of drug-likeness (QED) is 0.601. The van der Waals surface area contributed by atoms with Gasteiger partial charge < -0.3 is 10.2 Å². The summed E-state index contributed by atoms with van der Waals surface area (Å²) in [5.74, 6) is 0.775. The molecule has 66 valence electrons. The second kappa shape index (κ2) is 3.55. The molecule has 11 heavy (non-hydrogen) atoms. The molecule has 0 spiro atoms. The van der Waals surface area contributed by atoms with Gasteiger partial charge in [0.2, 0.25) is 0 Å². The van der Waals surface area contributed by atoms with E-state index in [9.17, 15) is 10.2 Å². The van der Waals surface area contributed by atoms with Crippen LogP contribution in [0, 0.1) is 11.8 Å². The van der Waals surface area contributed by atoms with Gasteiger partial charge in [-0.25, -0.2) is 0 Å². The monoisotopic (exact) mass is 158 g/mol. The van der Waals surface area contributed by atoms with Gasteiger partial charge in [0.05, 0.1) is 12.2 Å². The highest BCUT2D eigenvalue weighted by Crippen LogP contribution is 2.30. The lowest BCUT2D eigenvalue weighted by Gasteiger charge is -2.33. The molecule has 0 aromatic heterocycles. The number of rotatable bonds is 1. The Balaban J connectivity index is 2.47. The van der Waals surface area contributed by atoms with E-state index in [0.717, 1.165) is 19.3 Å². The van der Waals surface area contributed by atoms with E-state index >= 15 is 0 Å². The van der Waals surface area contributed by atoms with Crippen LogP contribution in [0.2, 0.25) is 0 Å². The van der Waals surface area contributed by atoms with Crippen molar-refractivity contribution in [3.05, 3.63) is 0 Å². The van der Waals surface area contributed by atoms with Gasteiger partial charge in [0, 0.05) is 5.92 Å². The Morgan fingerprint density at radius 3 is 2.45 bits per heavy atom. The molecule has 1 aliphatic carbocycles. The van der Waals surface area contributed by atoms with Gasteiger partial charge in [0.1, 0.15) is 0 Å². The van der Waals surface area contributed by atoms with Gasteiger partial charge in [0.15, 0.2) is 0 Å². The summed E-state index contributed by atoms with van der Waals surface area (Å²) in [5, 5.41) is 18.8. The normalized spacial score (nSPS) is 42.0. The van der Waals surface area contributed by atoms with Crippen molar-refractivity contribution >= 4 is 0 Å². The second-order valence-corrected chi connectivity index (χ2v) is 3.89. The van der Waals surface area contributed by atoms with Crippen LogP contribution in [0.3, 0.4) is 0 Å². The maximum atomic E-state index is 9.50. The zero-order valence-electron chi connectivity index (χ0n) is 7.33. The third-order valence-corrected chi connectivity index (χ3v) is 2.74. The molecule has 2 nitrogen and oxygen atoms in total. The van der Waals surface area contributed by atoms with Gasteiger partial charge in [-0.2, -0.15) is 0 Å². The van der Waals surface area contributed by atoms with Crippen molar-refractivity contribution < 1.29 is 10.2 Å². The fourth-order valence-corrected chi connectivity index (χ4v) is 1.93. The first-order valence-electron chi connectivity index (χ1n) is 4.47. The third-order valence-electron chi connectivity index (χ3n) is 2.74. The maximum Gasteiger partial charge on any atom is 0.0593 e. The smallest absolute Gasteiger partial charge is 0.0593 e. The number of hydrogen-bond donors (Lipinski definition) is 2. The van der Waals surface area contributed by atoms with Gasteiger partial charge in [0.25, 0.3) is 0 Å². The molecule has 1 rings (SSSR count). The Hall–Kier alpha value is -0.0800. The highest BCUT2D eigenvalue weighted by molar-refractivity contribution is 4.80. The largest absolute Gasteiger partial charge is 0.393 e. The molecule has 2 heteroatoms. The van der Waals surface area contributed by atoms with E-state index in [4.69, 9.17) is 0 Å². The van der Waals surface area contributed by atoms with Gasteiger partial charge in [-0.1, -0.05) is 6.92 Å². The molecule has 2 N–H and O–H groups in total. The highest BCUT2D eigenvalue weighted by atomic mass is 16.3. The molecule has 4 atom stereocenters. The van der Waals surface area contributed by atoms with E-state index in [1.54, 1.807) is 6.92 Å². The Labute approximate surface area is 68.2 Å². The van der Waals surface area contributed by atoms with E-state index in [0.29, 0.717) is 5.92 Å². The molecule has 0 saturated heterocycles. The molecule has 0 heterocycles. The summed E-state index contributed by atoms with van der Waals surface area (Å²) in [4.78, 5) is 0. The fourth-order valence-electron chi connectivity index (χ4n) is 1.93. The third kappa shape index (κ3) is 2.17. The predicted molar refractivity (Wildman–Crippen MR) is 44.2 cm³/mol. The van der Waals surface area contributed by atoms with Crippen LogP contribution in [-0.2, 0) is 0 Å². The molecule has 1 saturated carbocycles. The van der Waals surface area contributed by atoms with Crippen LogP contribution in [0.5, 0.6) is 0 Å². The van der Waals surface area contributed by atoms with E-state index in [1.807, 2.05) is 0 Å². The number of hydrogen-bond acceptors (Lipinski definition) is 2. The van der Waals surface area contributed by atoms with Crippen LogP contribution in [0.25, 0.3) is 0 Å². The van der Waals surface area contributed by atoms with Crippen molar-refractivity contribution in [2.75, 3.05) is 0 Å². The minimum Gasteiger partial charge on any atom is -0.393 e. The lowest BCUT2D eigenvalue weighted by atomic mass is 9.78. The Morgan fingerprint density at radius 2 is 2.00 bits per heavy atom. The first-order chi connectivity index (χ1) is 5.11. The van der Waals surface area contributed by atoms with Crippen LogP contribution in [0.15, 0.2) is 0 Å². The molecule has 0 aromatic rings. The SMILES string of the molecule is CC1CCC(O)C(C(C)O)C1. The highest BCUT2D eigenvalue weighted by Gasteiger charge is 2.29. The van der Waals surface area contributed by atoms with Gasteiger partial charge in [-0.05, 0) is 32.1 Å². The number of aliphatic hydroxyl groups excluding tert-OH is 2. The molecule has 0 aromatic carbocycles.